The van der Waals surface area contributed by atoms with Gasteiger partial charge in [0, 0.05) is 16.6 Å². The van der Waals surface area contributed by atoms with Gasteiger partial charge in [0.2, 0.25) is 0 Å². The molecule has 1 aliphatic rings. The van der Waals surface area contributed by atoms with Gasteiger partial charge in [0.15, 0.2) is 0 Å². The number of thiazole rings is 1. The molecule has 15 heavy (non-hydrogen) atoms. The maximum Gasteiger partial charge on any atom is 0.142 e. The molecule has 0 aliphatic carbocycles. The minimum absolute atomic E-state index is 0. The second-order valence-corrected chi connectivity index (χ2v) is 4.13. The number of aliphatic imine (C=N–C) groups is 1. The van der Waals surface area contributed by atoms with Crippen LogP contribution in [0, 0.1) is 6.92 Å². The number of aryl methyl sites for hydroxylation is 1. The Balaban J connectivity index is 0.000000853. The van der Waals surface area contributed by atoms with Crippen LogP contribution >= 0.6 is 11.3 Å². The summed E-state index contributed by atoms with van der Waals surface area (Å²) in [7, 11) is 0. The molecule has 2 heterocycles. The van der Waals surface area contributed by atoms with E-state index in [4.69, 9.17) is 0 Å². The highest BCUT2D eigenvalue weighted by Crippen LogP contribution is 2.33. The van der Waals surface area contributed by atoms with E-state index in [0.29, 0.717) is 0 Å². The minimum Gasteiger partial charge on any atom is -0.244 e. The predicted molar refractivity (Wildman–Crippen MR) is 65.3 cm³/mol. The van der Waals surface area contributed by atoms with E-state index < -0.39 is 0 Å². The summed E-state index contributed by atoms with van der Waals surface area (Å²) in [6.07, 6.45) is 0. The fourth-order valence-electron chi connectivity index (χ4n) is 1.52. The number of hydrogen-bond donors (Lipinski definition) is 0. The molecule has 2 aromatic rings. The molecule has 2 nitrogen and oxygen atoms in total. The molecule has 1 aromatic heterocycles. The summed E-state index contributed by atoms with van der Waals surface area (Å²) in [5.41, 5.74) is 4.41. The molecular weight excluding hydrogens is 204 g/mol. The monoisotopic (exact) mass is 216 g/mol. The summed E-state index contributed by atoms with van der Waals surface area (Å²) in [5.74, 6) is 0. The van der Waals surface area contributed by atoms with Gasteiger partial charge in [-0.2, -0.15) is 0 Å². The Kier molecular flexibility index (Phi) is 2.40. The van der Waals surface area contributed by atoms with E-state index in [2.05, 4.69) is 21.4 Å². The number of benzene rings is 1. The molecule has 3 rings (SSSR count). The van der Waals surface area contributed by atoms with Crippen LogP contribution in [-0.4, -0.2) is 10.7 Å². The zero-order valence-electron chi connectivity index (χ0n) is 7.69. The molecule has 1 aliphatic heterocycles. The molecule has 0 unspecified atom stereocenters. The Labute approximate surface area is 93.3 Å². The van der Waals surface area contributed by atoms with Crippen molar-refractivity contribution in [3.8, 4) is 0 Å². The third kappa shape index (κ3) is 1.49. The molecule has 0 fully saturated rings. The molecule has 3 heteroatoms. The minimum atomic E-state index is 0. The van der Waals surface area contributed by atoms with Gasteiger partial charge >= 0.3 is 0 Å². The van der Waals surface area contributed by atoms with Gasteiger partial charge in [-0.3, -0.25) is 0 Å². The van der Waals surface area contributed by atoms with Crippen LogP contribution in [0.15, 0.2) is 34.6 Å². The Morgan fingerprint density at radius 2 is 2.00 bits per heavy atom. The van der Waals surface area contributed by atoms with Crippen LogP contribution in [0.1, 0.15) is 23.7 Å². The molecule has 1 aromatic carbocycles. The largest absolute Gasteiger partial charge is 0.244 e. The summed E-state index contributed by atoms with van der Waals surface area (Å²) < 4.78 is 0. The SMILES string of the molecule is C.Cc1csc(C2=Nc3ccccc32)n1. The first-order valence-corrected chi connectivity index (χ1v) is 5.33. The zero-order valence-corrected chi connectivity index (χ0v) is 8.51. The fourth-order valence-corrected chi connectivity index (χ4v) is 2.32. The maximum absolute atomic E-state index is 4.43. The van der Waals surface area contributed by atoms with Crippen LogP contribution in [0.2, 0.25) is 0 Å². The first kappa shape index (κ1) is 10.1. The second kappa shape index (κ2) is 3.59. The Hall–Kier alpha value is -1.48. The van der Waals surface area contributed by atoms with Gasteiger partial charge < -0.3 is 0 Å². The zero-order chi connectivity index (χ0) is 9.54. The van der Waals surface area contributed by atoms with Crippen LogP contribution < -0.4 is 0 Å². The average Bonchev–Trinajstić information content (AvgIpc) is 2.54. The van der Waals surface area contributed by atoms with E-state index in [-0.39, 0.29) is 7.43 Å². The first-order chi connectivity index (χ1) is 6.84. The quantitative estimate of drug-likeness (QED) is 0.610. The molecule has 0 saturated heterocycles. The number of aromatic nitrogens is 1. The summed E-state index contributed by atoms with van der Waals surface area (Å²) >= 11 is 1.66. The van der Waals surface area contributed by atoms with Gasteiger partial charge in [-0.25, -0.2) is 9.98 Å². The normalized spacial score (nSPS) is 12.2. The van der Waals surface area contributed by atoms with Crippen LogP contribution in [0.3, 0.4) is 0 Å². The third-order valence-electron chi connectivity index (χ3n) is 2.21. The highest BCUT2D eigenvalue weighted by atomic mass is 32.1. The Bertz CT molecular complexity index is 526. The predicted octanol–water partition coefficient (Wildman–Crippen LogP) is 3.57. The van der Waals surface area contributed by atoms with E-state index in [1.807, 2.05) is 25.1 Å². The molecule has 0 N–H and O–H groups in total. The van der Waals surface area contributed by atoms with Crippen LogP contribution in [-0.2, 0) is 0 Å². The second-order valence-electron chi connectivity index (χ2n) is 3.27. The van der Waals surface area contributed by atoms with Crippen molar-refractivity contribution in [2.75, 3.05) is 0 Å². The lowest BCUT2D eigenvalue weighted by atomic mass is 10.0. The lowest BCUT2D eigenvalue weighted by Crippen LogP contribution is -2.10. The molecule has 0 amide bonds. The number of fused-ring (bicyclic) bond motifs is 1. The topological polar surface area (TPSA) is 25.2 Å². The van der Waals surface area contributed by atoms with Crippen LogP contribution in [0.4, 0.5) is 5.69 Å². The van der Waals surface area contributed by atoms with Crippen molar-refractivity contribution in [3.63, 3.8) is 0 Å². The molecule has 0 atom stereocenters. The van der Waals surface area contributed by atoms with E-state index in [1.165, 1.54) is 5.56 Å². The highest BCUT2D eigenvalue weighted by molar-refractivity contribution is 7.12. The van der Waals surface area contributed by atoms with E-state index in [0.717, 1.165) is 22.1 Å². The lowest BCUT2D eigenvalue weighted by Gasteiger charge is -2.15. The Morgan fingerprint density at radius 1 is 1.20 bits per heavy atom. The molecule has 0 spiro atoms. The average molecular weight is 216 g/mol. The first-order valence-electron chi connectivity index (χ1n) is 4.45. The van der Waals surface area contributed by atoms with E-state index in [1.54, 1.807) is 11.3 Å². The van der Waals surface area contributed by atoms with Gasteiger partial charge in [0.05, 0.1) is 5.69 Å². The molecule has 0 bridgehead atoms. The van der Waals surface area contributed by atoms with Crippen molar-refractivity contribution in [2.45, 2.75) is 14.4 Å². The van der Waals surface area contributed by atoms with Gasteiger partial charge in [-0.05, 0) is 13.0 Å². The summed E-state index contributed by atoms with van der Waals surface area (Å²) in [6, 6.07) is 8.16. The third-order valence-corrected chi connectivity index (χ3v) is 3.18. The lowest BCUT2D eigenvalue weighted by molar-refractivity contribution is 1.24. The fraction of sp³-hybridized carbons (Fsp3) is 0.167. The number of rotatable bonds is 1. The number of nitrogens with zero attached hydrogens (tertiary/aromatic N) is 2. The van der Waals surface area contributed by atoms with E-state index >= 15 is 0 Å². The molecular formula is C12H12N2S. The van der Waals surface area contributed by atoms with E-state index in [9.17, 15) is 0 Å². The van der Waals surface area contributed by atoms with Gasteiger partial charge in [-0.15, -0.1) is 11.3 Å². The maximum atomic E-state index is 4.43. The van der Waals surface area contributed by atoms with Gasteiger partial charge in [-0.1, -0.05) is 25.6 Å². The molecule has 0 radical (unpaired) electrons. The van der Waals surface area contributed by atoms with Crippen molar-refractivity contribution in [2.24, 2.45) is 4.99 Å². The Morgan fingerprint density at radius 3 is 2.67 bits per heavy atom. The van der Waals surface area contributed by atoms with Crippen molar-refractivity contribution in [1.29, 1.82) is 0 Å². The highest BCUT2D eigenvalue weighted by Gasteiger charge is 2.21. The van der Waals surface area contributed by atoms with Crippen molar-refractivity contribution in [3.05, 3.63) is 45.9 Å². The van der Waals surface area contributed by atoms with Crippen LogP contribution in [0.25, 0.3) is 0 Å². The van der Waals surface area contributed by atoms with Crippen LogP contribution in [0.5, 0.6) is 0 Å². The van der Waals surface area contributed by atoms with Gasteiger partial charge in [0.1, 0.15) is 10.7 Å². The molecule has 0 saturated carbocycles. The van der Waals surface area contributed by atoms with Crippen molar-refractivity contribution in [1.82, 2.24) is 4.98 Å². The number of hydrogen-bond acceptors (Lipinski definition) is 3. The smallest absolute Gasteiger partial charge is 0.142 e. The number of para-hydroxylation sites is 1. The van der Waals surface area contributed by atoms with Crippen molar-refractivity contribution < 1.29 is 0 Å². The molecule has 76 valence electrons. The standard InChI is InChI=1S/C11H8N2S.CH4/c1-7-6-14-11(12-7)10-8-4-2-3-5-9(8)13-10;/h2-6H,1H3;1H4. The summed E-state index contributed by atoms with van der Waals surface area (Å²) in [6.45, 7) is 2.01. The summed E-state index contributed by atoms with van der Waals surface area (Å²) in [5, 5.41) is 3.08. The summed E-state index contributed by atoms with van der Waals surface area (Å²) in [4.78, 5) is 8.85. The van der Waals surface area contributed by atoms with Crippen molar-refractivity contribution >= 4 is 22.7 Å². The van der Waals surface area contributed by atoms with Gasteiger partial charge in [0.25, 0.3) is 0 Å².